The van der Waals surface area contributed by atoms with E-state index >= 15 is 0 Å². The molecule has 1 heterocycles. The van der Waals surface area contributed by atoms with E-state index in [2.05, 4.69) is 0 Å². The number of benzene rings is 1. The van der Waals surface area contributed by atoms with Crippen LogP contribution in [0.2, 0.25) is 0 Å². The first-order valence-electron chi connectivity index (χ1n) is 7.79. The van der Waals surface area contributed by atoms with Gasteiger partial charge >= 0.3 is 5.97 Å². The predicted octanol–water partition coefficient (Wildman–Crippen LogP) is 2.06. The Hall–Kier alpha value is -1.43. The van der Waals surface area contributed by atoms with Crippen LogP contribution in [0.5, 0.6) is 0 Å². The highest BCUT2D eigenvalue weighted by Crippen LogP contribution is 2.44. The zero-order chi connectivity index (χ0) is 16.0. The molecule has 0 spiro atoms. The molecule has 1 aromatic rings. The lowest BCUT2D eigenvalue weighted by Crippen LogP contribution is -2.42. The first-order valence-corrected chi connectivity index (χ1v) is 7.79. The molecule has 0 saturated carbocycles. The van der Waals surface area contributed by atoms with Crippen LogP contribution in [-0.2, 0) is 25.6 Å². The Kier molecular flexibility index (Phi) is 5.94. The Morgan fingerprint density at radius 2 is 2.09 bits per heavy atom. The highest BCUT2D eigenvalue weighted by Gasteiger charge is 2.67. The topological polar surface area (TPSA) is 68.3 Å². The largest absolute Gasteiger partial charge is 0.464 e. The molecular weight excluding hydrogens is 284 g/mol. The number of ether oxygens (including phenoxy) is 3. The number of rotatable bonds is 9. The molecule has 1 aliphatic heterocycles. The minimum Gasteiger partial charge on any atom is -0.464 e. The van der Waals surface area contributed by atoms with Crippen molar-refractivity contribution < 1.29 is 24.1 Å². The third kappa shape index (κ3) is 3.66. The van der Waals surface area contributed by atoms with Crippen molar-refractivity contribution in [3.63, 3.8) is 0 Å². The molecule has 0 bridgehead atoms. The fraction of sp³-hybridized carbons (Fsp3) is 0.588. The second kappa shape index (κ2) is 7.72. The maximum atomic E-state index is 12.0. The standard InChI is InChI=1S/C17H24O5/c1-3-15-17(22-15,16(19)21-4-2)14(18)10-11-20-12-13-8-6-5-7-9-13/h5-9,14-15,18H,3-4,10-12H2,1-2H3/t14-,15+,17+/m0/s1. The molecule has 22 heavy (non-hydrogen) atoms. The average Bonchev–Trinajstić information content (AvgIpc) is 3.28. The van der Waals surface area contributed by atoms with E-state index in [9.17, 15) is 9.90 Å². The van der Waals surface area contributed by atoms with Gasteiger partial charge in [-0.2, -0.15) is 0 Å². The van der Waals surface area contributed by atoms with Gasteiger partial charge in [0.15, 0.2) is 0 Å². The van der Waals surface area contributed by atoms with Crippen molar-refractivity contribution in [2.24, 2.45) is 0 Å². The number of aliphatic hydroxyl groups excluding tert-OH is 1. The van der Waals surface area contributed by atoms with Gasteiger partial charge in [-0.05, 0) is 18.9 Å². The van der Waals surface area contributed by atoms with Gasteiger partial charge < -0.3 is 19.3 Å². The molecule has 2 rings (SSSR count). The Labute approximate surface area is 131 Å². The summed E-state index contributed by atoms with van der Waals surface area (Å²) in [4.78, 5) is 12.0. The third-order valence-corrected chi connectivity index (χ3v) is 3.87. The normalized spacial score (nSPS) is 24.8. The lowest BCUT2D eigenvalue weighted by molar-refractivity contribution is -0.154. The summed E-state index contributed by atoms with van der Waals surface area (Å²) in [5, 5.41) is 10.3. The molecule has 1 N–H and O–H groups in total. The lowest BCUT2D eigenvalue weighted by atomic mass is 9.94. The molecule has 0 radical (unpaired) electrons. The molecule has 1 fully saturated rings. The van der Waals surface area contributed by atoms with Crippen molar-refractivity contribution in [1.82, 2.24) is 0 Å². The molecular formula is C17H24O5. The van der Waals surface area contributed by atoms with E-state index in [1.807, 2.05) is 37.3 Å². The second-order valence-electron chi connectivity index (χ2n) is 5.37. The Morgan fingerprint density at radius 1 is 1.36 bits per heavy atom. The zero-order valence-corrected chi connectivity index (χ0v) is 13.2. The minimum absolute atomic E-state index is 0.268. The van der Waals surface area contributed by atoms with Gasteiger partial charge in [0.05, 0.1) is 19.3 Å². The van der Waals surface area contributed by atoms with Gasteiger partial charge in [-0.25, -0.2) is 4.79 Å². The van der Waals surface area contributed by atoms with Gasteiger partial charge in [0.1, 0.15) is 6.10 Å². The van der Waals surface area contributed by atoms with Gasteiger partial charge in [-0.3, -0.25) is 0 Å². The van der Waals surface area contributed by atoms with Crippen LogP contribution in [0.4, 0.5) is 0 Å². The molecule has 1 saturated heterocycles. The van der Waals surface area contributed by atoms with Gasteiger partial charge in [0.2, 0.25) is 5.60 Å². The van der Waals surface area contributed by atoms with Gasteiger partial charge in [0.25, 0.3) is 0 Å². The maximum absolute atomic E-state index is 12.0. The van der Waals surface area contributed by atoms with Crippen molar-refractivity contribution in [1.29, 1.82) is 0 Å². The zero-order valence-electron chi connectivity index (χ0n) is 13.2. The maximum Gasteiger partial charge on any atom is 0.343 e. The van der Waals surface area contributed by atoms with E-state index in [0.717, 1.165) is 5.56 Å². The third-order valence-electron chi connectivity index (χ3n) is 3.87. The molecule has 3 atom stereocenters. The smallest absolute Gasteiger partial charge is 0.343 e. The molecule has 0 amide bonds. The van der Waals surface area contributed by atoms with E-state index in [4.69, 9.17) is 14.2 Å². The summed E-state index contributed by atoms with van der Waals surface area (Å²) < 4.78 is 16.1. The molecule has 0 aromatic heterocycles. The summed E-state index contributed by atoms with van der Waals surface area (Å²) in [6.45, 7) is 4.78. The number of aliphatic hydroxyl groups is 1. The van der Waals surface area contributed by atoms with Crippen LogP contribution < -0.4 is 0 Å². The van der Waals surface area contributed by atoms with Crippen LogP contribution in [0.1, 0.15) is 32.3 Å². The Balaban J connectivity index is 1.80. The van der Waals surface area contributed by atoms with E-state index in [0.29, 0.717) is 26.1 Å². The number of carbonyl (C=O) groups is 1. The van der Waals surface area contributed by atoms with Crippen molar-refractivity contribution in [2.45, 2.75) is 51.1 Å². The Bertz CT molecular complexity index is 475. The molecule has 122 valence electrons. The summed E-state index contributed by atoms with van der Waals surface area (Å²) in [5.41, 5.74) is -0.118. The highest BCUT2D eigenvalue weighted by molar-refractivity contribution is 5.84. The second-order valence-corrected chi connectivity index (χ2v) is 5.37. The fourth-order valence-electron chi connectivity index (χ4n) is 2.61. The van der Waals surface area contributed by atoms with Gasteiger partial charge in [-0.15, -0.1) is 0 Å². The summed E-state index contributed by atoms with van der Waals surface area (Å²) >= 11 is 0. The summed E-state index contributed by atoms with van der Waals surface area (Å²) in [5.74, 6) is -0.475. The molecule has 5 nitrogen and oxygen atoms in total. The lowest BCUT2D eigenvalue weighted by Gasteiger charge is -2.18. The fourth-order valence-corrected chi connectivity index (χ4v) is 2.61. The number of carbonyl (C=O) groups excluding carboxylic acids is 1. The number of hydrogen-bond acceptors (Lipinski definition) is 5. The quantitative estimate of drug-likeness (QED) is 0.430. The highest BCUT2D eigenvalue weighted by atomic mass is 16.7. The van der Waals surface area contributed by atoms with E-state index in [1.165, 1.54) is 0 Å². The van der Waals surface area contributed by atoms with E-state index < -0.39 is 17.7 Å². The van der Waals surface area contributed by atoms with Crippen LogP contribution in [-0.4, -0.2) is 42.1 Å². The van der Waals surface area contributed by atoms with Crippen LogP contribution >= 0.6 is 0 Å². The van der Waals surface area contributed by atoms with Gasteiger partial charge in [-0.1, -0.05) is 37.3 Å². The van der Waals surface area contributed by atoms with Crippen molar-refractivity contribution in [2.75, 3.05) is 13.2 Å². The van der Waals surface area contributed by atoms with Crippen molar-refractivity contribution >= 4 is 5.97 Å². The first-order chi connectivity index (χ1) is 10.6. The molecule has 1 aromatic carbocycles. The summed E-state index contributed by atoms with van der Waals surface area (Å²) in [6, 6.07) is 9.81. The minimum atomic E-state index is -1.19. The van der Waals surface area contributed by atoms with Crippen molar-refractivity contribution in [3.8, 4) is 0 Å². The van der Waals surface area contributed by atoms with Crippen LogP contribution in [0.3, 0.4) is 0 Å². The monoisotopic (exact) mass is 308 g/mol. The number of esters is 1. The summed E-state index contributed by atoms with van der Waals surface area (Å²) in [6.07, 6.45) is -0.175. The molecule has 5 heteroatoms. The number of epoxide rings is 1. The van der Waals surface area contributed by atoms with Crippen LogP contribution in [0, 0.1) is 0 Å². The van der Waals surface area contributed by atoms with Crippen molar-refractivity contribution in [3.05, 3.63) is 35.9 Å². The molecule has 1 aliphatic rings. The predicted molar refractivity (Wildman–Crippen MR) is 81.2 cm³/mol. The van der Waals surface area contributed by atoms with Crippen LogP contribution in [0.15, 0.2) is 30.3 Å². The van der Waals surface area contributed by atoms with Crippen LogP contribution in [0.25, 0.3) is 0 Å². The van der Waals surface area contributed by atoms with E-state index in [1.54, 1.807) is 6.92 Å². The Morgan fingerprint density at radius 3 is 2.68 bits per heavy atom. The van der Waals surface area contributed by atoms with Gasteiger partial charge in [0, 0.05) is 13.0 Å². The first kappa shape index (κ1) is 16.9. The number of hydrogen-bond donors (Lipinski definition) is 1. The summed E-state index contributed by atoms with van der Waals surface area (Å²) in [7, 11) is 0. The molecule has 0 aliphatic carbocycles. The van der Waals surface area contributed by atoms with E-state index in [-0.39, 0.29) is 12.7 Å². The average molecular weight is 308 g/mol. The molecule has 0 unspecified atom stereocenters. The SMILES string of the molecule is CCOC(=O)[C@]1([C@@H](O)CCOCc2ccccc2)O[C@@H]1CC.